The van der Waals surface area contributed by atoms with Gasteiger partial charge in [0.05, 0.1) is 6.20 Å². The van der Waals surface area contributed by atoms with Crippen LogP contribution in [0.25, 0.3) is 0 Å². The Morgan fingerprint density at radius 2 is 2.29 bits per heavy atom. The Kier molecular flexibility index (Phi) is 4.63. The van der Waals surface area contributed by atoms with Crippen molar-refractivity contribution in [2.24, 2.45) is 0 Å². The third kappa shape index (κ3) is 4.24. The Bertz CT molecular complexity index is 443. The molecule has 90 valence electrons. The summed E-state index contributed by atoms with van der Waals surface area (Å²) in [5.74, 6) is 0. The largest absolute Gasteiger partial charge is 0.313 e. The third-order valence-corrected chi connectivity index (χ3v) is 2.74. The molecule has 0 amide bonds. The highest BCUT2D eigenvalue weighted by Gasteiger charge is 1.95. The molecule has 0 saturated heterocycles. The standard InChI is InChI=1S/C11H14BrN5/c12-11-6-10(8-14-9-11)7-13-2-1-4-17-5-3-15-16-17/h3,5-6,8-9,13H,1-2,4,7H2. The van der Waals surface area contributed by atoms with Gasteiger partial charge in [0.25, 0.3) is 0 Å². The smallest absolute Gasteiger partial charge is 0.0692 e. The van der Waals surface area contributed by atoms with Gasteiger partial charge in [-0.3, -0.25) is 9.67 Å². The minimum Gasteiger partial charge on any atom is -0.313 e. The molecule has 0 saturated carbocycles. The maximum Gasteiger partial charge on any atom is 0.0692 e. The first-order chi connectivity index (χ1) is 8.34. The van der Waals surface area contributed by atoms with Gasteiger partial charge in [-0.25, -0.2) is 0 Å². The van der Waals surface area contributed by atoms with E-state index in [9.17, 15) is 0 Å². The normalized spacial score (nSPS) is 10.6. The van der Waals surface area contributed by atoms with E-state index >= 15 is 0 Å². The minimum absolute atomic E-state index is 0.837. The van der Waals surface area contributed by atoms with Crippen LogP contribution >= 0.6 is 15.9 Å². The van der Waals surface area contributed by atoms with Crippen LogP contribution in [0, 0.1) is 0 Å². The molecule has 0 radical (unpaired) electrons. The topological polar surface area (TPSA) is 55.6 Å². The molecule has 0 fully saturated rings. The van der Waals surface area contributed by atoms with Crippen molar-refractivity contribution in [2.45, 2.75) is 19.5 Å². The quantitative estimate of drug-likeness (QED) is 0.823. The van der Waals surface area contributed by atoms with Gasteiger partial charge >= 0.3 is 0 Å². The van der Waals surface area contributed by atoms with Crippen molar-refractivity contribution in [3.63, 3.8) is 0 Å². The Hall–Kier alpha value is -1.27. The van der Waals surface area contributed by atoms with E-state index in [0.29, 0.717) is 0 Å². The summed E-state index contributed by atoms with van der Waals surface area (Å²) >= 11 is 3.40. The van der Waals surface area contributed by atoms with Crippen molar-refractivity contribution in [3.05, 3.63) is 40.9 Å². The number of aryl methyl sites for hydroxylation is 1. The highest BCUT2D eigenvalue weighted by Crippen LogP contribution is 2.08. The van der Waals surface area contributed by atoms with Gasteiger partial charge in [-0.2, -0.15) is 0 Å². The van der Waals surface area contributed by atoms with Gasteiger partial charge in [-0.15, -0.1) is 5.10 Å². The summed E-state index contributed by atoms with van der Waals surface area (Å²) in [5.41, 5.74) is 1.18. The number of halogens is 1. The molecule has 0 aliphatic heterocycles. The van der Waals surface area contributed by atoms with Crippen molar-refractivity contribution < 1.29 is 0 Å². The first kappa shape index (κ1) is 12.2. The van der Waals surface area contributed by atoms with Gasteiger partial charge in [-0.1, -0.05) is 5.21 Å². The van der Waals surface area contributed by atoms with Gasteiger partial charge in [0.2, 0.25) is 0 Å². The Morgan fingerprint density at radius 3 is 3.06 bits per heavy atom. The van der Waals surface area contributed by atoms with E-state index in [1.165, 1.54) is 5.56 Å². The van der Waals surface area contributed by atoms with E-state index in [-0.39, 0.29) is 0 Å². The average Bonchev–Trinajstić information content (AvgIpc) is 2.82. The zero-order chi connectivity index (χ0) is 11.9. The molecule has 17 heavy (non-hydrogen) atoms. The lowest BCUT2D eigenvalue weighted by molar-refractivity contribution is 0.530. The minimum atomic E-state index is 0.837. The second-order valence-corrected chi connectivity index (χ2v) is 4.62. The predicted octanol–water partition coefficient (Wildman–Crippen LogP) is 1.62. The molecule has 2 aromatic heterocycles. The fourth-order valence-corrected chi connectivity index (χ4v) is 1.92. The van der Waals surface area contributed by atoms with Crippen LogP contribution in [-0.4, -0.2) is 26.5 Å². The summed E-state index contributed by atoms with van der Waals surface area (Å²) in [7, 11) is 0. The van der Waals surface area contributed by atoms with Crippen molar-refractivity contribution in [3.8, 4) is 0 Å². The summed E-state index contributed by atoms with van der Waals surface area (Å²) < 4.78 is 2.85. The van der Waals surface area contributed by atoms with Crippen LogP contribution in [0.5, 0.6) is 0 Å². The van der Waals surface area contributed by atoms with E-state index in [2.05, 4.69) is 42.6 Å². The Morgan fingerprint density at radius 1 is 1.35 bits per heavy atom. The summed E-state index contributed by atoms with van der Waals surface area (Å²) in [5, 5.41) is 11.0. The number of hydrogen-bond acceptors (Lipinski definition) is 4. The molecule has 0 atom stereocenters. The van der Waals surface area contributed by atoms with Crippen LogP contribution in [0.3, 0.4) is 0 Å². The summed E-state index contributed by atoms with van der Waals surface area (Å²) in [6, 6.07) is 2.07. The molecule has 0 aromatic carbocycles. The van der Waals surface area contributed by atoms with Gasteiger partial charge in [0, 0.05) is 36.2 Å². The van der Waals surface area contributed by atoms with Crippen LogP contribution in [0.2, 0.25) is 0 Å². The van der Waals surface area contributed by atoms with E-state index in [1.54, 1.807) is 12.4 Å². The Labute approximate surface area is 108 Å². The lowest BCUT2D eigenvalue weighted by atomic mass is 10.3. The molecule has 0 aliphatic rings. The zero-order valence-corrected chi connectivity index (χ0v) is 11.0. The molecule has 6 heteroatoms. The average molecular weight is 296 g/mol. The zero-order valence-electron chi connectivity index (χ0n) is 9.38. The molecule has 0 bridgehead atoms. The number of rotatable bonds is 6. The number of nitrogens with zero attached hydrogens (tertiary/aromatic N) is 4. The molecular formula is C11H14BrN5. The highest BCUT2D eigenvalue weighted by molar-refractivity contribution is 9.10. The molecule has 2 heterocycles. The van der Waals surface area contributed by atoms with E-state index < -0.39 is 0 Å². The SMILES string of the molecule is Brc1cncc(CNCCCn2ccnn2)c1. The van der Waals surface area contributed by atoms with Crippen molar-refractivity contribution in [2.75, 3.05) is 6.54 Å². The number of pyridine rings is 1. The third-order valence-electron chi connectivity index (χ3n) is 2.30. The molecule has 0 aliphatic carbocycles. The second kappa shape index (κ2) is 6.46. The second-order valence-electron chi connectivity index (χ2n) is 3.71. The van der Waals surface area contributed by atoms with Gasteiger partial charge in [0.15, 0.2) is 0 Å². The lowest BCUT2D eigenvalue weighted by Crippen LogP contribution is -2.16. The Balaban J connectivity index is 1.63. The number of hydrogen-bond donors (Lipinski definition) is 1. The molecule has 0 unspecified atom stereocenters. The first-order valence-electron chi connectivity index (χ1n) is 5.49. The number of nitrogens with one attached hydrogen (secondary N) is 1. The highest BCUT2D eigenvalue weighted by atomic mass is 79.9. The van der Waals surface area contributed by atoms with Gasteiger partial charge in [0.1, 0.15) is 0 Å². The molecule has 0 spiro atoms. The lowest BCUT2D eigenvalue weighted by Gasteiger charge is -2.04. The fraction of sp³-hybridized carbons (Fsp3) is 0.364. The van der Waals surface area contributed by atoms with E-state index in [0.717, 1.165) is 30.5 Å². The molecule has 1 N–H and O–H groups in total. The van der Waals surface area contributed by atoms with Crippen molar-refractivity contribution in [1.29, 1.82) is 0 Å². The molecule has 5 nitrogen and oxygen atoms in total. The van der Waals surface area contributed by atoms with E-state index in [1.807, 2.05) is 17.1 Å². The molecule has 2 rings (SSSR count). The maximum absolute atomic E-state index is 4.11. The summed E-state index contributed by atoms with van der Waals surface area (Å²) in [6.07, 6.45) is 8.26. The van der Waals surface area contributed by atoms with Gasteiger partial charge in [-0.05, 0) is 40.5 Å². The van der Waals surface area contributed by atoms with Crippen molar-refractivity contribution >= 4 is 15.9 Å². The van der Waals surface area contributed by atoms with E-state index in [4.69, 9.17) is 0 Å². The van der Waals surface area contributed by atoms with Gasteiger partial charge < -0.3 is 5.32 Å². The molecular weight excluding hydrogens is 282 g/mol. The summed E-state index contributed by atoms with van der Waals surface area (Å²) in [6.45, 7) is 2.68. The van der Waals surface area contributed by atoms with Crippen LogP contribution < -0.4 is 5.32 Å². The monoisotopic (exact) mass is 295 g/mol. The van der Waals surface area contributed by atoms with Crippen LogP contribution in [0.1, 0.15) is 12.0 Å². The first-order valence-corrected chi connectivity index (χ1v) is 6.28. The van der Waals surface area contributed by atoms with Crippen LogP contribution in [0.4, 0.5) is 0 Å². The van der Waals surface area contributed by atoms with Crippen LogP contribution in [0.15, 0.2) is 35.3 Å². The maximum atomic E-state index is 4.11. The predicted molar refractivity (Wildman–Crippen MR) is 68.3 cm³/mol. The van der Waals surface area contributed by atoms with Crippen molar-refractivity contribution in [1.82, 2.24) is 25.3 Å². The summed E-state index contributed by atoms with van der Waals surface area (Å²) in [4.78, 5) is 4.11. The fourth-order valence-electron chi connectivity index (χ4n) is 1.50. The number of aromatic nitrogens is 4. The molecule has 2 aromatic rings. The van der Waals surface area contributed by atoms with Crippen LogP contribution in [-0.2, 0) is 13.1 Å².